The number of alkyl halides is 1. The van der Waals surface area contributed by atoms with Crippen LogP contribution in [-0.2, 0) is 11.6 Å². The van der Waals surface area contributed by atoms with Crippen LogP contribution in [0.4, 0.5) is 0 Å². The molecule has 2 aromatic rings. The molecule has 2 rings (SSSR count). The van der Waals surface area contributed by atoms with Crippen LogP contribution in [0.2, 0.25) is 0 Å². The van der Waals surface area contributed by atoms with Crippen molar-refractivity contribution in [2.45, 2.75) is 25.5 Å². The molecule has 0 atom stereocenters. The molecule has 0 saturated carbocycles. The number of aryl methyl sites for hydroxylation is 2. The van der Waals surface area contributed by atoms with Crippen molar-refractivity contribution in [2.24, 2.45) is 0 Å². The summed E-state index contributed by atoms with van der Waals surface area (Å²) in [6.45, 7) is 4.10. The lowest BCUT2D eigenvalue weighted by molar-refractivity contribution is 0.102. The fourth-order valence-electron chi connectivity index (χ4n) is 2.06. The van der Waals surface area contributed by atoms with E-state index < -0.39 is 0 Å². The fourth-order valence-corrected chi connectivity index (χ4v) is 3.10. The van der Waals surface area contributed by atoms with Gasteiger partial charge in [0.05, 0.1) is 5.75 Å². The molecule has 0 aromatic heterocycles. The van der Waals surface area contributed by atoms with Crippen molar-refractivity contribution in [1.82, 2.24) is 0 Å². The molecule has 3 heteroatoms. The Hall–Kier alpha value is -1.25. The zero-order valence-corrected chi connectivity index (χ0v) is 13.9. The summed E-state index contributed by atoms with van der Waals surface area (Å²) in [6.07, 6.45) is 0. The van der Waals surface area contributed by atoms with Crippen molar-refractivity contribution in [3.05, 3.63) is 70.3 Å². The third-order valence-electron chi connectivity index (χ3n) is 3.48. The number of hydrogen-bond acceptors (Lipinski definition) is 2. The van der Waals surface area contributed by atoms with E-state index in [1.54, 1.807) is 11.8 Å². The summed E-state index contributed by atoms with van der Waals surface area (Å²) in [5.74, 6) is 2.06. The first-order chi connectivity index (χ1) is 10.1. The third kappa shape index (κ3) is 4.62. The number of hydrogen-bond donors (Lipinski definition) is 0. The molecule has 0 N–H and O–H groups in total. The largest absolute Gasteiger partial charge is 0.293 e. The lowest BCUT2D eigenvalue weighted by Crippen LogP contribution is -2.03. The Bertz CT molecular complexity index is 637. The predicted molar refractivity (Wildman–Crippen MR) is 92.4 cm³/mol. The van der Waals surface area contributed by atoms with E-state index in [1.165, 1.54) is 16.7 Å². The van der Waals surface area contributed by atoms with Crippen molar-refractivity contribution in [3.63, 3.8) is 0 Å². The fraction of sp³-hybridized carbons (Fsp3) is 0.278. The van der Waals surface area contributed by atoms with E-state index >= 15 is 0 Å². The Balaban J connectivity index is 1.90. The quantitative estimate of drug-likeness (QED) is 0.540. The maximum atomic E-state index is 12.2. The first-order valence-electron chi connectivity index (χ1n) is 6.92. The second-order valence-corrected chi connectivity index (χ2v) is 6.42. The molecule has 0 saturated heterocycles. The highest BCUT2D eigenvalue weighted by atomic mass is 35.5. The van der Waals surface area contributed by atoms with Gasteiger partial charge in [-0.25, -0.2) is 0 Å². The number of thioether (sulfide) groups is 1. The Morgan fingerprint density at radius 3 is 2.52 bits per heavy atom. The number of ketones is 1. The van der Waals surface area contributed by atoms with Crippen molar-refractivity contribution < 1.29 is 4.79 Å². The van der Waals surface area contributed by atoms with E-state index in [2.05, 4.69) is 19.1 Å². The zero-order valence-electron chi connectivity index (χ0n) is 12.4. The third-order valence-corrected chi connectivity index (χ3v) is 4.79. The van der Waals surface area contributed by atoms with E-state index in [9.17, 15) is 4.79 Å². The van der Waals surface area contributed by atoms with E-state index in [-0.39, 0.29) is 5.78 Å². The number of benzene rings is 2. The predicted octanol–water partition coefficient (Wildman–Crippen LogP) is 5.16. The molecular weight excluding hydrogens is 300 g/mol. The molecule has 0 heterocycles. The summed E-state index contributed by atoms with van der Waals surface area (Å²) in [4.78, 5) is 12.2. The summed E-state index contributed by atoms with van der Waals surface area (Å²) >= 11 is 7.48. The monoisotopic (exact) mass is 318 g/mol. The standard InChI is InChI=1S/C18H19ClOS/c1-13-6-7-17(8-14(13)2)18(20)12-21-11-16-5-3-4-15(9-16)10-19/h3-9H,10-12H2,1-2H3. The van der Waals surface area contributed by atoms with Gasteiger partial charge in [-0.3, -0.25) is 4.79 Å². The van der Waals surface area contributed by atoms with Crippen LogP contribution in [0.3, 0.4) is 0 Å². The van der Waals surface area contributed by atoms with E-state index in [0.29, 0.717) is 11.6 Å². The molecule has 0 radical (unpaired) electrons. The summed E-state index contributed by atoms with van der Waals surface area (Å²) in [7, 11) is 0. The van der Waals surface area contributed by atoms with Crippen LogP contribution >= 0.6 is 23.4 Å². The SMILES string of the molecule is Cc1ccc(C(=O)CSCc2cccc(CCl)c2)cc1C. The Kier molecular flexibility index (Phi) is 5.89. The van der Waals surface area contributed by atoms with Crippen LogP contribution in [0.5, 0.6) is 0 Å². The lowest BCUT2D eigenvalue weighted by Gasteiger charge is -2.06. The van der Waals surface area contributed by atoms with Gasteiger partial charge in [0, 0.05) is 17.2 Å². The van der Waals surface area contributed by atoms with Gasteiger partial charge >= 0.3 is 0 Å². The highest BCUT2D eigenvalue weighted by Crippen LogP contribution is 2.17. The summed E-state index contributed by atoms with van der Waals surface area (Å²) in [5, 5.41) is 0. The average molecular weight is 319 g/mol. The first kappa shape index (κ1) is 16.1. The van der Waals surface area contributed by atoms with Crippen molar-refractivity contribution in [3.8, 4) is 0 Å². The summed E-state index contributed by atoms with van der Waals surface area (Å²) < 4.78 is 0. The minimum atomic E-state index is 0.191. The molecular formula is C18H19ClOS. The van der Waals surface area contributed by atoms with Gasteiger partial charge < -0.3 is 0 Å². The molecule has 0 aliphatic rings. The Morgan fingerprint density at radius 2 is 1.81 bits per heavy atom. The van der Waals surface area contributed by atoms with Crippen LogP contribution in [0.1, 0.15) is 32.6 Å². The summed E-state index contributed by atoms with van der Waals surface area (Å²) in [5.41, 5.74) is 5.53. The van der Waals surface area contributed by atoms with Gasteiger partial charge in [-0.05, 0) is 42.2 Å². The Labute approximate surface area is 135 Å². The Morgan fingerprint density at radius 1 is 1.05 bits per heavy atom. The zero-order chi connectivity index (χ0) is 15.2. The van der Waals surface area contributed by atoms with E-state index in [0.717, 1.165) is 16.9 Å². The maximum absolute atomic E-state index is 12.2. The topological polar surface area (TPSA) is 17.1 Å². The van der Waals surface area contributed by atoms with Crippen molar-refractivity contribution in [2.75, 3.05) is 5.75 Å². The number of carbonyl (C=O) groups excluding carboxylic acids is 1. The van der Waals surface area contributed by atoms with Gasteiger partial charge in [0.15, 0.2) is 5.78 Å². The van der Waals surface area contributed by atoms with Crippen molar-refractivity contribution >= 4 is 29.1 Å². The van der Waals surface area contributed by atoms with Crippen LogP contribution in [0.15, 0.2) is 42.5 Å². The van der Waals surface area contributed by atoms with Gasteiger partial charge in [0.25, 0.3) is 0 Å². The smallest absolute Gasteiger partial charge is 0.172 e. The van der Waals surface area contributed by atoms with E-state index in [1.807, 2.05) is 37.3 Å². The molecule has 0 amide bonds. The van der Waals surface area contributed by atoms with Crippen LogP contribution in [0.25, 0.3) is 0 Å². The molecule has 110 valence electrons. The van der Waals surface area contributed by atoms with Gasteiger partial charge in [0.1, 0.15) is 0 Å². The highest BCUT2D eigenvalue weighted by molar-refractivity contribution is 7.99. The molecule has 0 unspecified atom stereocenters. The minimum Gasteiger partial charge on any atom is -0.293 e. The highest BCUT2D eigenvalue weighted by Gasteiger charge is 2.07. The normalized spacial score (nSPS) is 10.6. The van der Waals surface area contributed by atoms with Crippen LogP contribution in [-0.4, -0.2) is 11.5 Å². The molecule has 0 fully saturated rings. The molecule has 0 aliphatic carbocycles. The maximum Gasteiger partial charge on any atom is 0.172 e. The van der Waals surface area contributed by atoms with Gasteiger partial charge in [0.2, 0.25) is 0 Å². The number of carbonyl (C=O) groups is 1. The number of Topliss-reactive ketones (excluding diaryl/α,β-unsaturated/α-hetero) is 1. The molecule has 1 nitrogen and oxygen atoms in total. The van der Waals surface area contributed by atoms with Crippen LogP contribution in [0, 0.1) is 13.8 Å². The number of halogens is 1. The van der Waals surface area contributed by atoms with Gasteiger partial charge in [-0.15, -0.1) is 23.4 Å². The molecule has 2 aromatic carbocycles. The molecule has 21 heavy (non-hydrogen) atoms. The molecule has 0 bridgehead atoms. The molecule has 0 aliphatic heterocycles. The second kappa shape index (κ2) is 7.67. The number of rotatable bonds is 6. The van der Waals surface area contributed by atoms with Gasteiger partial charge in [-0.1, -0.05) is 36.4 Å². The molecule has 0 spiro atoms. The average Bonchev–Trinajstić information content (AvgIpc) is 2.50. The second-order valence-electron chi connectivity index (χ2n) is 5.17. The van der Waals surface area contributed by atoms with Crippen LogP contribution < -0.4 is 0 Å². The minimum absolute atomic E-state index is 0.191. The van der Waals surface area contributed by atoms with Gasteiger partial charge in [-0.2, -0.15) is 0 Å². The van der Waals surface area contributed by atoms with E-state index in [4.69, 9.17) is 11.6 Å². The summed E-state index contributed by atoms with van der Waals surface area (Å²) in [6, 6.07) is 14.1. The lowest BCUT2D eigenvalue weighted by atomic mass is 10.0. The first-order valence-corrected chi connectivity index (χ1v) is 8.61. The van der Waals surface area contributed by atoms with Crippen molar-refractivity contribution in [1.29, 1.82) is 0 Å².